The van der Waals surface area contributed by atoms with Gasteiger partial charge in [0.05, 0.1) is 6.54 Å². The Kier molecular flexibility index (Phi) is 5.05. The highest BCUT2D eigenvalue weighted by Gasteiger charge is 2.19. The summed E-state index contributed by atoms with van der Waals surface area (Å²) >= 11 is 0. The van der Waals surface area contributed by atoms with Crippen LogP contribution in [-0.2, 0) is 4.79 Å². The molecule has 0 radical (unpaired) electrons. The summed E-state index contributed by atoms with van der Waals surface area (Å²) in [6.07, 6.45) is 0. The van der Waals surface area contributed by atoms with E-state index >= 15 is 0 Å². The van der Waals surface area contributed by atoms with Crippen LogP contribution in [-0.4, -0.2) is 61.0 Å². The quantitative estimate of drug-likeness (QED) is 0.722. The number of hydrogen-bond acceptors (Lipinski definition) is 3. The van der Waals surface area contributed by atoms with Gasteiger partial charge >= 0.3 is 0 Å². The Bertz CT molecular complexity index is 204. The molecule has 4 nitrogen and oxygen atoms in total. The van der Waals surface area contributed by atoms with Gasteiger partial charge in [0.1, 0.15) is 0 Å². The summed E-state index contributed by atoms with van der Waals surface area (Å²) in [5.74, 6) is 0.258. The third-order valence-corrected chi connectivity index (χ3v) is 2.93. The first-order chi connectivity index (χ1) is 7.17. The molecule has 1 fully saturated rings. The highest BCUT2D eigenvalue weighted by atomic mass is 16.2. The van der Waals surface area contributed by atoms with Crippen molar-refractivity contribution in [2.24, 2.45) is 0 Å². The molecule has 0 spiro atoms. The highest BCUT2D eigenvalue weighted by Crippen LogP contribution is 2.00. The number of rotatable bonds is 4. The minimum Gasteiger partial charge on any atom is -0.342 e. The van der Waals surface area contributed by atoms with Crippen molar-refractivity contribution in [2.45, 2.75) is 26.8 Å². The summed E-state index contributed by atoms with van der Waals surface area (Å²) in [6.45, 7) is 11.4. The van der Waals surface area contributed by atoms with Crippen molar-refractivity contribution in [3.63, 3.8) is 0 Å². The first-order valence-corrected chi connectivity index (χ1v) is 5.90. The largest absolute Gasteiger partial charge is 0.342 e. The summed E-state index contributed by atoms with van der Waals surface area (Å²) < 4.78 is 0. The Morgan fingerprint density at radius 2 is 2.13 bits per heavy atom. The van der Waals surface area contributed by atoms with Crippen LogP contribution in [0.3, 0.4) is 0 Å². The van der Waals surface area contributed by atoms with Gasteiger partial charge in [-0.2, -0.15) is 0 Å². The number of amides is 1. The molecule has 1 N–H and O–H groups in total. The minimum atomic E-state index is 0.258. The second-order valence-electron chi connectivity index (χ2n) is 4.16. The van der Waals surface area contributed by atoms with Crippen LogP contribution in [0, 0.1) is 0 Å². The average Bonchev–Trinajstić information content (AvgIpc) is 2.19. The molecule has 0 aromatic carbocycles. The van der Waals surface area contributed by atoms with Crippen LogP contribution in [0.2, 0.25) is 0 Å². The lowest BCUT2D eigenvalue weighted by Crippen LogP contribution is -2.52. The summed E-state index contributed by atoms with van der Waals surface area (Å²) in [5, 5.41) is 3.38. The fraction of sp³-hybridized carbons (Fsp3) is 0.909. The van der Waals surface area contributed by atoms with Crippen LogP contribution < -0.4 is 5.32 Å². The van der Waals surface area contributed by atoms with E-state index in [4.69, 9.17) is 0 Å². The number of hydrogen-bond donors (Lipinski definition) is 1. The van der Waals surface area contributed by atoms with E-state index in [2.05, 4.69) is 17.1 Å². The average molecular weight is 213 g/mol. The lowest BCUT2D eigenvalue weighted by Gasteiger charge is -2.32. The van der Waals surface area contributed by atoms with Gasteiger partial charge in [0.15, 0.2) is 0 Å². The Morgan fingerprint density at radius 3 is 2.67 bits per heavy atom. The lowest BCUT2D eigenvalue weighted by atomic mass is 10.2. The molecule has 1 saturated heterocycles. The summed E-state index contributed by atoms with van der Waals surface area (Å²) in [5.41, 5.74) is 0. The summed E-state index contributed by atoms with van der Waals surface area (Å²) in [7, 11) is 0. The number of carbonyl (C=O) groups is 1. The Labute approximate surface area is 92.6 Å². The molecule has 0 aromatic heterocycles. The maximum Gasteiger partial charge on any atom is 0.236 e. The fourth-order valence-electron chi connectivity index (χ4n) is 2.02. The number of piperazine rings is 1. The van der Waals surface area contributed by atoms with Gasteiger partial charge in [-0.1, -0.05) is 0 Å². The molecule has 1 rings (SSSR count). The van der Waals surface area contributed by atoms with Gasteiger partial charge in [-0.15, -0.1) is 0 Å². The Hall–Kier alpha value is -0.610. The molecular formula is C11H23N3O. The monoisotopic (exact) mass is 213 g/mol. The number of nitrogens with zero attached hydrogens (tertiary/aromatic N) is 2. The second kappa shape index (κ2) is 6.08. The van der Waals surface area contributed by atoms with E-state index in [0.717, 1.165) is 32.7 Å². The molecule has 0 aliphatic carbocycles. The van der Waals surface area contributed by atoms with Crippen LogP contribution in [0.4, 0.5) is 0 Å². The molecule has 88 valence electrons. The molecular weight excluding hydrogens is 190 g/mol. The molecule has 1 amide bonds. The summed E-state index contributed by atoms with van der Waals surface area (Å²) in [4.78, 5) is 16.0. The molecule has 15 heavy (non-hydrogen) atoms. The molecule has 1 atom stereocenters. The number of nitrogens with one attached hydrogen (secondary N) is 1. The smallest absolute Gasteiger partial charge is 0.236 e. The molecule has 1 aliphatic heterocycles. The minimum absolute atomic E-state index is 0.258. The Morgan fingerprint density at radius 1 is 1.47 bits per heavy atom. The second-order valence-corrected chi connectivity index (χ2v) is 4.16. The first kappa shape index (κ1) is 12.5. The number of carbonyl (C=O) groups excluding carboxylic acids is 1. The third-order valence-electron chi connectivity index (χ3n) is 2.93. The van der Waals surface area contributed by atoms with Crippen molar-refractivity contribution in [1.82, 2.24) is 15.1 Å². The zero-order valence-corrected chi connectivity index (χ0v) is 10.1. The van der Waals surface area contributed by atoms with E-state index in [1.807, 2.05) is 18.7 Å². The van der Waals surface area contributed by atoms with Crippen LogP contribution in [0.15, 0.2) is 0 Å². The summed E-state index contributed by atoms with van der Waals surface area (Å²) in [6, 6.07) is 0.503. The third kappa shape index (κ3) is 3.80. The van der Waals surface area contributed by atoms with E-state index in [1.54, 1.807) is 0 Å². The normalized spacial score (nSPS) is 22.7. The molecule has 0 bridgehead atoms. The van der Waals surface area contributed by atoms with Crippen LogP contribution in [0.25, 0.3) is 0 Å². The molecule has 1 aliphatic rings. The highest BCUT2D eigenvalue weighted by molar-refractivity contribution is 5.78. The van der Waals surface area contributed by atoms with E-state index in [-0.39, 0.29) is 5.91 Å². The molecule has 1 heterocycles. The van der Waals surface area contributed by atoms with Gasteiger partial charge in [-0.25, -0.2) is 0 Å². The van der Waals surface area contributed by atoms with E-state index in [1.165, 1.54) is 0 Å². The van der Waals surface area contributed by atoms with Gasteiger partial charge in [0, 0.05) is 38.8 Å². The van der Waals surface area contributed by atoms with Crippen molar-refractivity contribution in [1.29, 1.82) is 0 Å². The fourth-order valence-corrected chi connectivity index (χ4v) is 2.02. The van der Waals surface area contributed by atoms with Crippen molar-refractivity contribution in [3.05, 3.63) is 0 Å². The first-order valence-electron chi connectivity index (χ1n) is 5.90. The van der Waals surface area contributed by atoms with Crippen molar-refractivity contribution < 1.29 is 4.79 Å². The van der Waals surface area contributed by atoms with Crippen molar-refractivity contribution in [2.75, 3.05) is 39.3 Å². The van der Waals surface area contributed by atoms with Crippen LogP contribution >= 0.6 is 0 Å². The van der Waals surface area contributed by atoms with Gasteiger partial charge < -0.3 is 10.2 Å². The zero-order valence-electron chi connectivity index (χ0n) is 10.1. The van der Waals surface area contributed by atoms with Gasteiger partial charge in [-0.05, 0) is 20.8 Å². The Balaban J connectivity index is 2.36. The van der Waals surface area contributed by atoms with E-state index in [9.17, 15) is 4.79 Å². The molecule has 4 heteroatoms. The maximum absolute atomic E-state index is 11.8. The predicted molar refractivity (Wildman–Crippen MR) is 61.8 cm³/mol. The van der Waals surface area contributed by atoms with Gasteiger partial charge in [0.2, 0.25) is 5.91 Å². The SMILES string of the molecule is CCN(CC)C(=O)CN1CCN[C@H](C)C1. The maximum atomic E-state index is 11.8. The zero-order chi connectivity index (χ0) is 11.3. The molecule has 0 aromatic rings. The van der Waals surface area contributed by atoms with E-state index < -0.39 is 0 Å². The van der Waals surface area contributed by atoms with Crippen molar-refractivity contribution >= 4 is 5.91 Å². The lowest BCUT2D eigenvalue weighted by molar-refractivity contribution is -0.132. The van der Waals surface area contributed by atoms with E-state index in [0.29, 0.717) is 12.6 Å². The predicted octanol–water partition coefficient (Wildman–Crippen LogP) is 0.149. The van der Waals surface area contributed by atoms with Crippen LogP contribution in [0.5, 0.6) is 0 Å². The van der Waals surface area contributed by atoms with Crippen LogP contribution in [0.1, 0.15) is 20.8 Å². The number of likely N-dealkylation sites (N-methyl/N-ethyl adjacent to an activating group) is 1. The molecule has 0 saturated carbocycles. The topological polar surface area (TPSA) is 35.6 Å². The van der Waals surface area contributed by atoms with Gasteiger partial charge in [-0.3, -0.25) is 9.69 Å². The standard InChI is InChI=1S/C11H23N3O/c1-4-14(5-2)11(15)9-13-7-6-12-10(3)8-13/h10,12H,4-9H2,1-3H3/t10-/m1/s1. The van der Waals surface area contributed by atoms with Crippen molar-refractivity contribution in [3.8, 4) is 0 Å². The van der Waals surface area contributed by atoms with Gasteiger partial charge in [0.25, 0.3) is 0 Å². The molecule has 0 unspecified atom stereocenters.